The highest BCUT2D eigenvalue weighted by Gasteiger charge is 2.15. The first-order valence-electron chi connectivity index (χ1n) is 8.05. The van der Waals surface area contributed by atoms with E-state index in [1.165, 1.54) is 9.80 Å². The smallest absolute Gasteiger partial charge is 0.253 e. The lowest BCUT2D eigenvalue weighted by molar-refractivity contribution is 0.0767. The normalized spacial score (nSPS) is 11.0. The fraction of sp³-hybridized carbons (Fsp3) is 0.263. The molecule has 3 rings (SSSR count). The third-order valence-corrected chi connectivity index (χ3v) is 4.93. The van der Waals surface area contributed by atoms with Gasteiger partial charge in [0.15, 0.2) is 0 Å². The quantitative estimate of drug-likeness (QED) is 0.715. The standard InChI is InChI=1S/C19H21N3O2S/c1-13-20-17-9-4-14(19(24)21(2)10-11-23)12-18(17)22(13)15-5-7-16(25-3)8-6-15/h4-9,12,23H,10-11H2,1-3H3. The van der Waals surface area contributed by atoms with E-state index < -0.39 is 0 Å². The van der Waals surface area contributed by atoms with E-state index in [1.807, 2.05) is 25.3 Å². The van der Waals surface area contributed by atoms with Gasteiger partial charge in [-0.1, -0.05) is 0 Å². The van der Waals surface area contributed by atoms with Crippen molar-refractivity contribution in [2.24, 2.45) is 0 Å². The summed E-state index contributed by atoms with van der Waals surface area (Å²) in [6.07, 6.45) is 2.05. The van der Waals surface area contributed by atoms with Crippen LogP contribution in [0.4, 0.5) is 0 Å². The second-order valence-electron chi connectivity index (χ2n) is 5.85. The summed E-state index contributed by atoms with van der Waals surface area (Å²) in [5.41, 5.74) is 3.36. The predicted molar refractivity (Wildman–Crippen MR) is 102 cm³/mol. The van der Waals surface area contributed by atoms with Gasteiger partial charge in [-0.05, 0) is 55.6 Å². The Kier molecular flexibility index (Phi) is 5.11. The molecule has 1 N–H and O–H groups in total. The first kappa shape index (κ1) is 17.5. The highest BCUT2D eigenvalue weighted by molar-refractivity contribution is 7.98. The number of fused-ring (bicyclic) bond motifs is 1. The van der Waals surface area contributed by atoms with Crippen molar-refractivity contribution in [3.8, 4) is 5.69 Å². The topological polar surface area (TPSA) is 58.4 Å². The van der Waals surface area contributed by atoms with Crippen molar-refractivity contribution in [3.63, 3.8) is 0 Å². The molecule has 3 aromatic rings. The van der Waals surface area contributed by atoms with Crippen molar-refractivity contribution in [2.75, 3.05) is 26.5 Å². The summed E-state index contributed by atoms with van der Waals surface area (Å²) < 4.78 is 2.06. The second-order valence-corrected chi connectivity index (χ2v) is 6.73. The van der Waals surface area contributed by atoms with Gasteiger partial charge in [-0.25, -0.2) is 4.98 Å². The maximum Gasteiger partial charge on any atom is 0.253 e. The van der Waals surface area contributed by atoms with Crippen molar-refractivity contribution in [2.45, 2.75) is 11.8 Å². The molecule has 0 spiro atoms. The average molecular weight is 355 g/mol. The largest absolute Gasteiger partial charge is 0.395 e. The van der Waals surface area contributed by atoms with E-state index in [2.05, 4.69) is 33.8 Å². The number of carbonyl (C=O) groups is 1. The van der Waals surface area contributed by atoms with Crippen molar-refractivity contribution in [1.29, 1.82) is 0 Å². The second kappa shape index (κ2) is 7.29. The molecule has 0 aliphatic carbocycles. The lowest BCUT2D eigenvalue weighted by Gasteiger charge is -2.16. The Bertz CT molecular complexity index is 903. The molecule has 2 aromatic carbocycles. The number of aromatic nitrogens is 2. The van der Waals surface area contributed by atoms with Crippen LogP contribution in [-0.2, 0) is 0 Å². The Labute approximate surface area is 151 Å². The zero-order chi connectivity index (χ0) is 18.0. The Morgan fingerprint density at radius 2 is 1.96 bits per heavy atom. The summed E-state index contributed by atoms with van der Waals surface area (Å²) in [7, 11) is 1.69. The van der Waals surface area contributed by atoms with Crippen LogP contribution in [-0.4, -0.2) is 51.9 Å². The Balaban J connectivity index is 2.07. The van der Waals surface area contributed by atoms with Crippen molar-refractivity contribution >= 4 is 28.7 Å². The molecule has 1 amide bonds. The lowest BCUT2D eigenvalue weighted by Crippen LogP contribution is -2.29. The Morgan fingerprint density at radius 1 is 1.24 bits per heavy atom. The minimum Gasteiger partial charge on any atom is -0.395 e. The minimum absolute atomic E-state index is 0.0523. The fourth-order valence-electron chi connectivity index (χ4n) is 2.86. The lowest BCUT2D eigenvalue weighted by atomic mass is 10.1. The number of hydrogen-bond donors (Lipinski definition) is 1. The summed E-state index contributed by atoms with van der Waals surface area (Å²) in [5, 5.41) is 9.03. The van der Waals surface area contributed by atoms with Crippen LogP contribution in [0, 0.1) is 6.92 Å². The van der Waals surface area contributed by atoms with E-state index in [-0.39, 0.29) is 12.5 Å². The van der Waals surface area contributed by atoms with E-state index in [1.54, 1.807) is 24.9 Å². The van der Waals surface area contributed by atoms with Crippen LogP contribution in [0.25, 0.3) is 16.7 Å². The molecule has 0 atom stereocenters. The third-order valence-electron chi connectivity index (χ3n) is 4.18. The van der Waals surface area contributed by atoms with Crippen LogP contribution < -0.4 is 0 Å². The van der Waals surface area contributed by atoms with Gasteiger partial charge in [0.05, 0.1) is 17.6 Å². The molecule has 0 radical (unpaired) electrons. The summed E-state index contributed by atoms with van der Waals surface area (Å²) in [4.78, 5) is 19.8. The summed E-state index contributed by atoms with van der Waals surface area (Å²) in [6, 6.07) is 13.8. The molecule has 130 valence electrons. The Morgan fingerprint density at radius 3 is 2.60 bits per heavy atom. The number of benzene rings is 2. The number of imidazole rings is 1. The minimum atomic E-state index is -0.112. The molecular formula is C19H21N3O2S. The van der Waals surface area contributed by atoms with Crippen molar-refractivity contribution in [1.82, 2.24) is 14.5 Å². The van der Waals surface area contributed by atoms with E-state index in [9.17, 15) is 4.79 Å². The molecule has 1 aromatic heterocycles. The highest BCUT2D eigenvalue weighted by Crippen LogP contribution is 2.24. The molecule has 0 saturated carbocycles. The van der Waals surface area contributed by atoms with Crippen LogP contribution in [0.3, 0.4) is 0 Å². The number of aliphatic hydroxyl groups excluding tert-OH is 1. The molecule has 0 bridgehead atoms. The van der Waals surface area contributed by atoms with Crippen LogP contribution >= 0.6 is 11.8 Å². The zero-order valence-electron chi connectivity index (χ0n) is 14.6. The molecule has 5 nitrogen and oxygen atoms in total. The number of rotatable bonds is 5. The molecule has 0 aliphatic rings. The predicted octanol–water partition coefficient (Wildman–Crippen LogP) is 3.12. The SMILES string of the molecule is CSc1ccc(-n2c(C)nc3ccc(C(=O)N(C)CCO)cc32)cc1. The summed E-state index contributed by atoms with van der Waals surface area (Å²) >= 11 is 1.70. The maximum absolute atomic E-state index is 12.5. The van der Waals surface area contributed by atoms with E-state index in [0.717, 1.165) is 22.5 Å². The summed E-state index contributed by atoms with van der Waals surface area (Å²) in [5.74, 6) is 0.763. The van der Waals surface area contributed by atoms with Gasteiger partial charge in [-0.2, -0.15) is 0 Å². The number of carbonyl (C=O) groups excluding carboxylic acids is 1. The monoisotopic (exact) mass is 355 g/mol. The number of aliphatic hydroxyl groups is 1. The van der Waals surface area contributed by atoms with Gasteiger partial charge < -0.3 is 10.0 Å². The first-order chi connectivity index (χ1) is 12.0. The van der Waals surface area contributed by atoms with Gasteiger partial charge in [0, 0.05) is 29.7 Å². The fourth-order valence-corrected chi connectivity index (χ4v) is 3.27. The van der Waals surface area contributed by atoms with Gasteiger partial charge in [0.25, 0.3) is 5.91 Å². The third kappa shape index (κ3) is 3.41. The molecule has 0 unspecified atom stereocenters. The molecule has 25 heavy (non-hydrogen) atoms. The molecular weight excluding hydrogens is 334 g/mol. The van der Waals surface area contributed by atoms with Crippen molar-refractivity contribution < 1.29 is 9.90 Å². The van der Waals surface area contributed by atoms with Crippen LogP contribution in [0.15, 0.2) is 47.4 Å². The molecule has 0 fully saturated rings. The van der Waals surface area contributed by atoms with Crippen LogP contribution in [0.1, 0.15) is 16.2 Å². The number of hydrogen-bond acceptors (Lipinski definition) is 4. The number of nitrogens with zero attached hydrogens (tertiary/aromatic N) is 3. The molecule has 6 heteroatoms. The van der Waals surface area contributed by atoms with Gasteiger partial charge in [0.1, 0.15) is 5.82 Å². The van der Waals surface area contributed by atoms with Crippen molar-refractivity contribution in [3.05, 3.63) is 53.9 Å². The molecule has 1 heterocycles. The average Bonchev–Trinajstić information content (AvgIpc) is 2.96. The maximum atomic E-state index is 12.5. The number of amides is 1. The first-order valence-corrected chi connectivity index (χ1v) is 9.27. The van der Waals surface area contributed by atoms with Gasteiger partial charge in [-0.3, -0.25) is 9.36 Å². The van der Waals surface area contributed by atoms with Gasteiger partial charge in [-0.15, -0.1) is 11.8 Å². The van der Waals surface area contributed by atoms with Gasteiger partial charge >= 0.3 is 0 Å². The van der Waals surface area contributed by atoms with Gasteiger partial charge in [0.2, 0.25) is 0 Å². The van der Waals surface area contributed by atoms with Crippen LogP contribution in [0.5, 0.6) is 0 Å². The van der Waals surface area contributed by atoms with E-state index in [4.69, 9.17) is 5.11 Å². The number of aryl methyl sites for hydroxylation is 1. The van der Waals surface area contributed by atoms with Crippen LogP contribution in [0.2, 0.25) is 0 Å². The molecule has 0 saturated heterocycles. The zero-order valence-corrected chi connectivity index (χ0v) is 15.4. The van der Waals surface area contributed by atoms with E-state index >= 15 is 0 Å². The number of likely N-dealkylation sites (N-methyl/N-ethyl adjacent to an activating group) is 1. The highest BCUT2D eigenvalue weighted by atomic mass is 32.2. The molecule has 0 aliphatic heterocycles. The van der Waals surface area contributed by atoms with E-state index in [0.29, 0.717) is 12.1 Å². The number of thioether (sulfide) groups is 1. The summed E-state index contributed by atoms with van der Waals surface area (Å²) in [6.45, 7) is 2.22. The Hall–Kier alpha value is -2.31.